The maximum Gasteiger partial charge on any atom is 0.304 e. The summed E-state index contributed by atoms with van der Waals surface area (Å²) in [7, 11) is 1.62. The molecule has 0 radical (unpaired) electrons. The molecule has 0 bridgehead atoms. The second-order valence-corrected chi connectivity index (χ2v) is 11.6. The van der Waals surface area contributed by atoms with Crippen molar-refractivity contribution in [3.8, 4) is 11.5 Å². The van der Waals surface area contributed by atoms with Crippen LogP contribution in [0.4, 0.5) is 0 Å². The maximum atomic E-state index is 10.9. The zero-order valence-corrected chi connectivity index (χ0v) is 29.0. The summed E-state index contributed by atoms with van der Waals surface area (Å²) in [5.74, 6) is -2.09. The van der Waals surface area contributed by atoms with Gasteiger partial charge in [0.25, 0.3) is 0 Å². The summed E-state index contributed by atoms with van der Waals surface area (Å²) in [4.78, 5) is 49.7. The number of rotatable bonds is 34. The molecule has 0 atom stereocenters. The van der Waals surface area contributed by atoms with Crippen molar-refractivity contribution in [1.82, 2.24) is 14.7 Å². The molecular formula is C34H57N3O12. The van der Waals surface area contributed by atoms with Crippen LogP contribution in [0.3, 0.4) is 0 Å². The summed E-state index contributed by atoms with van der Waals surface area (Å²) >= 11 is 0. The Balaban J connectivity index is 2.42. The van der Waals surface area contributed by atoms with Crippen molar-refractivity contribution >= 4 is 23.9 Å². The molecule has 1 rings (SSSR count). The summed E-state index contributed by atoms with van der Waals surface area (Å²) in [6.45, 7) is 7.58. The lowest BCUT2D eigenvalue weighted by Crippen LogP contribution is -2.31. The van der Waals surface area contributed by atoms with Crippen molar-refractivity contribution < 1.29 is 58.6 Å². The molecule has 0 aliphatic carbocycles. The third-order valence-electron chi connectivity index (χ3n) is 7.57. The molecule has 0 heterocycles. The van der Waals surface area contributed by atoms with Crippen molar-refractivity contribution in [2.75, 3.05) is 99.0 Å². The molecule has 0 unspecified atom stereocenters. The topological polar surface area (TPSA) is 196 Å². The lowest BCUT2D eigenvalue weighted by atomic mass is 10.3. The van der Waals surface area contributed by atoms with Crippen molar-refractivity contribution in [2.45, 2.75) is 57.8 Å². The fourth-order valence-corrected chi connectivity index (χ4v) is 4.94. The number of ether oxygens (including phenoxy) is 4. The Morgan fingerprint density at radius 1 is 0.469 bits per heavy atom. The molecule has 0 fully saturated rings. The first-order chi connectivity index (χ1) is 23.6. The summed E-state index contributed by atoms with van der Waals surface area (Å²) in [5, 5.41) is 35.8. The monoisotopic (exact) mass is 699 g/mol. The van der Waals surface area contributed by atoms with Gasteiger partial charge in [0.2, 0.25) is 0 Å². The molecule has 0 saturated heterocycles. The predicted molar refractivity (Wildman–Crippen MR) is 182 cm³/mol. The zero-order valence-electron chi connectivity index (χ0n) is 29.0. The first kappa shape index (κ1) is 43.5. The van der Waals surface area contributed by atoms with Gasteiger partial charge in [-0.05, 0) is 56.4 Å². The van der Waals surface area contributed by atoms with E-state index in [-0.39, 0.29) is 25.7 Å². The van der Waals surface area contributed by atoms with Gasteiger partial charge in [-0.3, -0.25) is 19.2 Å². The van der Waals surface area contributed by atoms with E-state index in [4.69, 9.17) is 39.4 Å². The highest BCUT2D eigenvalue weighted by Gasteiger charge is 2.11. The minimum absolute atomic E-state index is 0.0334. The van der Waals surface area contributed by atoms with E-state index < -0.39 is 23.9 Å². The van der Waals surface area contributed by atoms with Crippen molar-refractivity contribution in [3.05, 3.63) is 24.3 Å². The molecule has 0 saturated carbocycles. The summed E-state index contributed by atoms with van der Waals surface area (Å²) in [6, 6.07) is 7.46. The molecule has 0 spiro atoms. The number of methoxy groups -OCH3 is 1. The molecule has 4 N–H and O–H groups in total. The van der Waals surface area contributed by atoms with Gasteiger partial charge in [-0.2, -0.15) is 0 Å². The highest BCUT2D eigenvalue weighted by Crippen LogP contribution is 2.17. The highest BCUT2D eigenvalue weighted by molar-refractivity contribution is 5.68. The number of carboxylic acids is 4. The van der Waals surface area contributed by atoms with E-state index in [1.54, 1.807) is 7.11 Å². The van der Waals surface area contributed by atoms with Gasteiger partial charge in [-0.15, -0.1) is 0 Å². The Kier molecular flexibility index (Phi) is 25.2. The predicted octanol–water partition coefficient (Wildman–Crippen LogP) is 2.86. The SMILES string of the molecule is COc1ccc(OCCCN(CCCOCCCN(CCC(=O)O)CCC(=O)O)CCCOCCCN(CCC(=O)O)CCC(=O)O)cc1. The number of nitrogens with zero attached hydrogens (tertiary/aromatic N) is 3. The minimum Gasteiger partial charge on any atom is -0.497 e. The number of aliphatic carboxylic acids is 4. The Morgan fingerprint density at radius 3 is 1.06 bits per heavy atom. The van der Waals surface area contributed by atoms with Crippen LogP contribution in [0, 0.1) is 0 Å². The zero-order chi connectivity index (χ0) is 36.1. The summed E-state index contributed by atoms with van der Waals surface area (Å²) in [5.41, 5.74) is 0. The molecule has 0 amide bonds. The van der Waals surface area contributed by atoms with Crippen molar-refractivity contribution in [2.24, 2.45) is 0 Å². The van der Waals surface area contributed by atoms with E-state index in [2.05, 4.69) is 4.90 Å². The van der Waals surface area contributed by atoms with Crippen LogP contribution in [0.5, 0.6) is 11.5 Å². The standard InChI is InChI=1S/C34H57N3O12/c1-46-29-7-9-30(10-8-29)49-28-6-19-35(15-2-24-47-26-4-17-36(20-11-31(38)39)21-12-32(40)41)16-3-25-48-27-5-18-37(22-13-33(42)43)23-14-34(44)45/h7-10H,2-6,11-28H2,1H3,(H,38,39)(H,40,41)(H,42,43)(H,44,45). The lowest BCUT2D eigenvalue weighted by Gasteiger charge is -2.23. The fraction of sp³-hybridized carbons (Fsp3) is 0.706. The van der Waals surface area contributed by atoms with Gasteiger partial charge in [-0.25, -0.2) is 0 Å². The average Bonchev–Trinajstić information content (AvgIpc) is 3.06. The third kappa shape index (κ3) is 26.1. The number of carboxylic acid groups (broad SMARTS) is 4. The van der Waals surface area contributed by atoms with E-state index >= 15 is 0 Å². The van der Waals surface area contributed by atoms with Crippen LogP contribution in [0.25, 0.3) is 0 Å². The molecular weight excluding hydrogens is 642 g/mol. The minimum atomic E-state index is -0.911. The largest absolute Gasteiger partial charge is 0.497 e. The van der Waals surface area contributed by atoms with Crippen LogP contribution in [0.2, 0.25) is 0 Å². The first-order valence-electron chi connectivity index (χ1n) is 17.1. The van der Waals surface area contributed by atoms with Gasteiger partial charge in [0.05, 0.1) is 39.4 Å². The van der Waals surface area contributed by atoms with Gasteiger partial charge in [0, 0.05) is 85.3 Å². The molecule has 1 aromatic rings. The maximum absolute atomic E-state index is 10.9. The van der Waals surface area contributed by atoms with Crippen molar-refractivity contribution in [1.29, 1.82) is 0 Å². The Labute approximate surface area is 289 Å². The van der Waals surface area contributed by atoms with Gasteiger partial charge >= 0.3 is 23.9 Å². The smallest absolute Gasteiger partial charge is 0.304 e. The first-order valence-corrected chi connectivity index (χ1v) is 17.1. The van der Waals surface area contributed by atoms with E-state index in [0.717, 1.165) is 50.4 Å². The number of carbonyl (C=O) groups is 4. The van der Waals surface area contributed by atoms with Gasteiger partial charge in [0.1, 0.15) is 11.5 Å². The van der Waals surface area contributed by atoms with Crippen LogP contribution in [0.15, 0.2) is 24.3 Å². The Bertz CT molecular complexity index is 954. The van der Waals surface area contributed by atoms with Crippen LogP contribution >= 0.6 is 0 Å². The third-order valence-corrected chi connectivity index (χ3v) is 7.57. The fourth-order valence-electron chi connectivity index (χ4n) is 4.94. The Morgan fingerprint density at radius 2 is 0.755 bits per heavy atom. The van der Waals surface area contributed by atoms with Gasteiger partial charge in [0.15, 0.2) is 0 Å². The molecule has 0 aliphatic rings. The average molecular weight is 700 g/mol. The lowest BCUT2D eigenvalue weighted by molar-refractivity contribution is -0.139. The second kappa shape index (κ2) is 28.3. The second-order valence-electron chi connectivity index (χ2n) is 11.6. The molecule has 49 heavy (non-hydrogen) atoms. The number of benzene rings is 1. The van der Waals surface area contributed by atoms with Gasteiger partial charge in [-0.1, -0.05) is 0 Å². The highest BCUT2D eigenvalue weighted by atomic mass is 16.5. The van der Waals surface area contributed by atoms with Gasteiger partial charge < -0.3 is 54.1 Å². The number of hydrogen-bond donors (Lipinski definition) is 4. The molecule has 15 nitrogen and oxygen atoms in total. The molecule has 1 aromatic carbocycles. The molecule has 280 valence electrons. The normalized spacial score (nSPS) is 11.3. The van der Waals surface area contributed by atoms with E-state index in [1.165, 1.54) is 0 Å². The van der Waals surface area contributed by atoms with Crippen molar-refractivity contribution in [3.63, 3.8) is 0 Å². The van der Waals surface area contributed by atoms with Crippen LogP contribution in [-0.4, -0.2) is 158 Å². The molecule has 15 heteroatoms. The molecule has 0 aromatic heterocycles. The van der Waals surface area contributed by atoms with Crippen LogP contribution in [-0.2, 0) is 28.7 Å². The van der Waals surface area contributed by atoms with E-state index in [1.807, 2.05) is 34.1 Å². The summed E-state index contributed by atoms with van der Waals surface area (Å²) < 4.78 is 22.7. The van der Waals surface area contributed by atoms with Crippen LogP contribution in [0.1, 0.15) is 57.8 Å². The number of hydrogen-bond acceptors (Lipinski definition) is 11. The quantitative estimate of drug-likeness (QED) is 0.0766. The van der Waals surface area contributed by atoms with Crippen LogP contribution < -0.4 is 9.47 Å². The Hall–Kier alpha value is -3.50. The van der Waals surface area contributed by atoms with E-state index in [0.29, 0.717) is 85.1 Å². The molecule has 0 aliphatic heterocycles. The van der Waals surface area contributed by atoms with E-state index in [9.17, 15) is 19.2 Å². The summed E-state index contributed by atoms with van der Waals surface area (Å²) in [6.07, 6.45) is 3.71.